The van der Waals surface area contributed by atoms with Gasteiger partial charge in [-0.15, -0.1) is 0 Å². The third kappa shape index (κ3) is 3.95. The molecule has 1 saturated heterocycles. The maximum Gasteiger partial charge on any atom is 0.416 e. The lowest BCUT2D eigenvalue weighted by Gasteiger charge is -2.07. The van der Waals surface area contributed by atoms with Crippen LogP contribution in [-0.2, 0) is 12.7 Å². The number of hydrogen-bond donors (Lipinski definition) is 1. The first-order valence-corrected chi connectivity index (χ1v) is 9.39. The average Bonchev–Trinajstić information content (AvgIpc) is 3.16. The van der Waals surface area contributed by atoms with Crippen molar-refractivity contribution >= 4 is 51.2 Å². The Bertz CT molecular complexity index is 1120. The third-order valence-corrected chi connectivity index (χ3v) is 5.42. The van der Waals surface area contributed by atoms with Crippen LogP contribution < -0.4 is 5.32 Å². The van der Waals surface area contributed by atoms with Gasteiger partial charge in [0.25, 0.3) is 5.24 Å². The summed E-state index contributed by atoms with van der Waals surface area (Å²) < 4.78 is 39.7. The van der Waals surface area contributed by atoms with Crippen LogP contribution in [0.5, 0.6) is 0 Å². The first kappa shape index (κ1) is 18.7. The van der Waals surface area contributed by atoms with Crippen molar-refractivity contribution < 1.29 is 18.0 Å². The van der Waals surface area contributed by atoms with Crippen molar-refractivity contribution in [1.29, 1.82) is 0 Å². The van der Waals surface area contributed by atoms with Crippen LogP contribution in [0.4, 0.5) is 18.0 Å². The van der Waals surface area contributed by atoms with Crippen molar-refractivity contribution in [2.75, 3.05) is 0 Å². The zero-order valence-electron chi connectivity index (χ0n) is 14.2. The predicted octanol–water partition coefficient (Wildman–Crippen LogP) is 5.23. The summed E-state index contributed by atoms with van der Waals surface area (Å²) in [4.78, 5) is 12.5. The van der Waals surface area contributed by atoms with Crippen molar-refractivity contribution in [2.45, 2.75) is 12.7 Å². The van der Waals surface area contributed by atoms with Crippen molar-refractivity contribution in [3.63, 3.8) is 0 Å². The zero-order chi connectivity index (χ0) is 19.9. The Balaban J connectivity index is 1.56. The molecule has 1 aliphatic rings. The van der Waals surface area contributed by atoms with Crippen molar-refractivity contribution in [1.82, 2.24) is 15.1 Å². The molecule has 9 heteroatoms. The van der Waals surface area contributed by atoms with E-state index in [0.717, 1.165) is 45.9 Å². The molecule has 1 fully saturated rings. The number of thioether (sulfide) groups is 1. The molecule has 0 atom stereocenters. The number of nitrogens with zero attached hydrogens (tertiary/aromatic N) is 2. The highest BCUT2D eigenvalue weighted by Gasteiger charge is 2.29. The van der Waals surface area contributed by atoms with Gasteiger partial charge in [0.15, 0.2) is 0 Å². The molecule has 1 aliphatic heterocycles. The van der Waals surface area contributed by atoms with Crippen molar-refractivity contribution in [2.24, 2.45) is 0 Å². The lowest BCUT2D eigenvalue weighted by molar-refractivity contribution is -0.137. The summed E-state index contributed by atoms with van der Waals surface area (Å²) in [5.74, 6) is 0. The SMILES string of the molecule is O=C1NC(=S)/C(=C/c2ccc3nn(Cc4ccc(C(F)(F)F)cc4)cc3c2)S1. The number of fused-ring (bicyclic) bond motifs is 1. The molecule has 0 bridgehead atoms. The third-order valence-electron chi connectivity index (χ3n) is 4.14. The molecule has 0 spiro atoms. The molecule has 1 aromatic heterocycles. The summed E-state index contributed by atoms with van der Waals surface area (Å²) in [7, 11) is 0. The lowest BCUT2D eigenvalue weighted by atomic mass is 10.1. The van der Waals surface area contributed by atoms with E-state index in [0.29, 0.717) is 16.4 Å². The maximum atomic E-state index is 12.7. The second-order valence-corrected chi connectivity index (χ2v) is 7.61. The quantitative estimate of drug-likeness (QED) is 0.467. The van der Waals surface area contributed by atoms with E-state index < -0.39 is 11.7 Å². The van der Waals surface area contributed by atoms with E-state index in [1.807, 2.05) is 30.5 Å². The number of rotatable bonds is 3. The fourth-order valence-corrected chi connectivity index (χ4v) is 3.86. The number of hydrogen-bond acceptors (Lipinski definition) is 4. The molecule has 4 rings (SSSR count). The minimum Gasteiger partial charge on any atom is -0.307 e. The predicted molar refractivity (Wildman–Crippen MR) is 107 cm³/mol. The van der Waals surface area contributed by atoms with E-state index in [9.17, 15) is 18.0 Å². The van der Waals surface area contributed by atoms with Gasteiger partial charge >= 0.3 is 6.18 Å². The van der Waals surface area contributed by atoms with E-state index in [2.05, 4.69) is 10.4 Å². The fraction of sp³-hybridized carbons (Fsp3) is 0.105. The lowest BCUT2D eigenvalue weighted by Crippen LogP contribution is -2.15. The van der Waals surface area contributed by atoms with Crippen molar-refractivity contribution in [3.8, 4) is 0 Å². The molecule has 28 heavy (non-hydrogen) atoms. The highest BCUT2D eigenvalue weighted by atomic mass is 32.2. The van der Waals surface area contributed by atoms with Gasteiger partial charge in [-0.05, 0) is 53.2 Å². The molecule has 2 heterocycles. The van der Waals surface area contributed by atoms with E-state index >= 15 is 0 Å². The molecular formula is C19H12F3N3OS2. The van der Waals surface area contributed by atoms with Gasteiger partial charge in [-0.2, -0.15) is 18.3 Å². The highest BCUT2D eigenvalue weighted by Crippen LogP contribution is 2.29. The van der Waals surface area contributed by atoms with E-state index in [1.54, 1.807) is 4.68 Å². The minimum atomic E-state index is -4.34. The first-order chi connectivity index (χ1) is 13.3. The molecular weight excluding hydrogens is 407 g/mol. The highest BCUT2D eigenvalue weighted by molar-refractivity contribution is 8.19. The Morgan fingerprint density at radius 2 is 1.93 bits per heavy atom. The number of thiocarbonyl (C=S) groups is 1. The normalized spacial score (nSPS) is 16.2. The Hall–Kier alpha value is -2.65. The number of carbonyl (C=O) groups is 1. The maximum absolute atomic E-state index is 12.7. The first-order valence-electron chi connectivity index (χ1n) is 8.16. The number of aromatic nitrogens is 2. The van der Waals surface area contributed by atoms with Crippen LogP contribution in [0.3, 0.4) is 0 Å². The van der Waals surface area contributed by atoms with Crippen LogP contribution in [-0.4, -0.2) is 20.0 Å². The monoisotopic (exact) mass is 419 g/mol. The number of benzene rings is 2. The summed E-state index contributed by atoms with van der Waals surface area (Å²) in [6.07, 6.45) is -0.681. The van der Waals surface area contributed by atoms with Crippen LogP contribution in [0.2, 0.25) is 0 Å². The summed E-state index contributed by atoms with van der Waals surface area (Å²) >= 11 is 6.17. The standard InChI is InChI=1S/C19H12F3N3OS2/c20-19(21,22)14-4-1-11(2-5-14)9-25-10-13-7-12(3-6-15(13)24-25)8-16-17(27)23-18(26)28-16/h1-8,10H,9H2,(H,23,26,27)/b16-8-. The molecule has 1 N–H and O–H groups in total. The molecule has 0 saturated carbocycles. The summed E-state index contributed by atoms with van der Waals surface area (Å²) in [5.41, 5.74) is 1.70. The van der Waals surface area contributed by atoms with Gasteiger partial charge in [-0.25, -0.2) is 0 Å². The van der Waals surface area contributed by atoms with Gasteiger partial charge in [-0.3, -0.25) is 9.48 Å². The van der Waals surface area contributed by atoms with E-state index in [4.69, 9.17) is 12.2 Å². The van der Waals surface area contributed by atoms with Gasteiger partial charge < -0.3 is 5.32 Å². The molecule has 142 valence electrons. The Kier molecular flexibility index (Phi) is 4.72. The van der Waals surface area contributed by atoms with E-state index in [-0.39, 0.29) is 5.24 Å². The number of halogens is 3. The number of nitrogens with one attached hydrogen (secondary N) is 1. The summed E-state index contributed by atoms with van der Waals surface area (Å²) in [6.45, 7) is 0.363. The van der Waals surface area contributed by atoms with Crippen LogP contribution >= 0.6 is 24.0 Å². The van der Waals surface area contributed by atoms with Crippen LogP contribution in [0.1, 0.15) is 16.7 Å². The van der Waals surface area contributed by atoms with Crippen LogP contribution in [0.15, 0.2) is 53.6 Å². The Labute approximate surface area is 167 Å². The van der Waals surface area contributed by atoms with Crippen molar-refractivity contribution in [3.05, 3.63) is 70.3 Å². The number of alkyl halides is 3. The molecule has 4 nitrogen and oxygen atoms in total. The van der Waals surface area contributed by atoms with Gasteiger partial charge in [0.1, 0.15) is 4.99 Å². The fourth-order valence-electron chi connectivity index (χ4n) is 2.82. The second kappa shape index (κ2) is 7.06. The average molecular weight is 419 g/mol. The summed E-state index contributed by atoms with van der Waals surface area (Å²) in [5, 5.41) is 7.72. The van der Waals surface area contributed by atoms with Crippen LogP contribution in [0, 0.1) is 0 Å². The molecule has 1 amide bonds. The molecule has 0 unspecified atom stereocenters. The minimum absolute atomic E-state index is 0.193. The smallest absolute Gasteiger partial charge is 0.307 e. The number of amides is 1. The van der Waals surface area contributed by atoms with Gasteiger partial charge in [0.05, 0.1) is 22.5 Å². The van der Waals surface area contributed by atoms with Gasteiger partial charge in [0, 0.05) is 11.6 Å². The van der Waals surface area contributed by atoms with Crippen LogP contribution in [0.25, 0.3) is 17.0 Å². The summed E-state index contributed by atoms with van der Waals surface area (Å²) in [6, 6.07) is 10.7. The molecule has 0 aliphatic carbocycles. The number of carbonyl (C=O) groups excluding carboxylic acids is 1. The van der Waals surface area contributed by atoms with Gasteiger partial charge in [0.2, 0.25) is 0 Å². The second-order valence-electron chi connectivity index (χ2n) is 6.19. The molecule has 3 aromatic rings. The molecule has 0 radical (unpaired) electrons. The zero-order valence-corrected chi connectivity index (χ0v) is 15.8. The Morgan fingerprint density at radius 3 is 2.57 bits per heavy atom. The Morgan fingerprint density at radius 1 is 1.18 bits per heavy atom. The van der Waals surface area contributed by atoms with E-state index in [1.165, 1.54) is 12.1 Å². The molecule has 2 aromatic carbocycles. The van der Waals surface area contributed by atoms with Gasteiger partial charge in [-0.1, -0.05) is 30.4 Å². The topological polar surface area (TPSA) is 46.9 Å². The largest absolute Gasteiger partial charge is 0.416 e.